The molecule has 4 aromatic rings. The van der Waals surface area contributed by atoms with Crippen molar-refractivity contribution in [1.82, 2.24) is 0 Å². The zero-order valence-corrected chi connectivity index (χ0v) is 42.4. The number of carbonyl (C=O) groups is 4. The molecule has 4 aromatic carbocycles. The van der Waals surface area contributed by atoms with Crippen LogP contribution in [0.3, 0.4) is 0 Å². The normalized spacial score (nSPS) is 21.1. The van der Waals surface area contributed by atoms with E-state index in [1.165, 1.54) is 31.8 Å². The first-order chi connectivity index (χ1) is 35.6. The molecule has 0 spiro atoms. The molecule has 0 bridgehead atoms. The van der Waals surface area contributed by atoms with E-state index in [1.807, 2.05) is 72.8 Å². The fourth-order valence-corrected chi connectivity index (χ4v) is 10.1. The number of unbranched alkanes of at least 4 members (excludes halogenated alkanes) is 5. The highest BCUT2D eigenvalue weighted by Crippen LogP contribution is 2.44. The predicted molar refractivity (Wildman–Crippen MR) is 285 cm³/mol. The summed E-state index contributed by atoms with van der Waals surface area (Å²) in [7, 11) is 0. The summed E-state index contributed by atoms with van der Waals surface area (Å²) in [5.41, 5.74) is 4.63. The molecule has 3 fully saturated rings. The van der Waals surface area contributed by atoms with Gasteiger partial charge in [-0.2, -0.15) is 0 Å². The maximum absolute atomic E-state index is 13.9. The standard InChI is InChI=1S/C65H68O8/c1-4-49-14-16-50(17-15-49)18-19-51-20-22-52(23-21-51)24-25-53-26-28-54(29-27-53)40-43-65(44-41-56(42-45-65)55-30-12-48(3)13-31-55)73-64(69)59-36-38-60(39-37-59)72-63(68)58-34-32-57(33-35-58)62(67)71-47-11-9-7-6-8-10-46-70-61(66)5-2/h1,5,14-17,20-23,26-29,36-39,48,55-58H,2,6-13,30-35,41-42,44-47H2,3H3. The van der Waals surface area contributed by atoms with E-state index in [-0.39, 0.29) is 23.8 Å². The summed E-state index contributed by atoms with van der Waals surface area (Å²) in [6, 6.07) is 29.9. The van der Waals surface area contributed by atoms with Gasteiger partial charge in [0.15, 0.2) is 5.60 Å². The number of terminal acetylenes is 1. The van der Waals surface area contributed by atoms with Crippen LogP contribution < -0.4 is 4.74 Å². The molecule has 3 saturated carbocycles. The van der Waals surface area contributed by atoms with Crippen molar-refractivity contribution in [2.75, 3.05) is 13.2 Å². The maximum atomic E-state index is 13.9. The molecule has 0 saturated heterocycles. The Bertz CT molecular complexity index is 2720. The second-order valence-corrected chi connectivity index (χ2v) is 20.0. The Labute approximate surface area is 433 Å². The molecular weight excluding hydrogens is 909 g/mol. The highest BCUT2D eigenvalue weighted by atomic mass is 16.6. The molecule has 8 heteroatoms. The molecule has 376 valence electrons. The number of benzene rings is 4. The Morgan fingerprint density at radius 1 is 0.548 bits per heavy atom. The Morgan fingerprint density at radius 2 is 0.986 bits per heavy atom. The predicted octanol–water partition coefficient (Wildman–Crippen LogP) is 12.8. The molecule has 0 aromatic heterocycles. The van der Waals surface area contributed by atoms with E-state index in [9.17, 15) is 19.2 Å². The Morgan fingerprint density at radius 3 is 1.48 bits per heavy atom. The second-order valence-electron chi connectivity index (χ2n) is 20.0. The van der Waals surface area contributed by atoms with Crippen LogP contribution in [0.25, 0.3) is 0 Å². The van der Waals surface area contributed by atoms with Crippen molar-refractivity contribution in [2.24, 2.45) is 29.6 Å². The van der Waals surface area contributed by atoms with Crippen LogP contribution in [-0.4, -0.2) is 42.7 Å². The summed E-state index contributed by atoms with van der Waals surface area (Å²) >= 11 is 0. The third-order valence-corrected chi connectivity index (χ3v) is 14.7. The zero-order chi connectivity index (χ0) is 51.3. The van der Waals surface area contributed by atoms with Crippen molar-refractivity contribution < 1.29 is 38.1 Å². The first-order valence-electron chi connectivity index (χ1n) is 26.4. The lowest BCUT2D eigenvalue weighted by Gasteiger charge is -2.40. The van der Waals surface area contributed by atoms with Crippen LogP contribution in [0.5, 0.6) is 5.75 Å². The van der Waals surface area contributed by atoms with Gasteiger partial charge in [0.05, 0.1) is 30.6 Å². The quantitative estimate of drug-likeness (QED) is 0.0273. The van der Waals surface area contributed by atoms with Crippen LogP contribution >= 0.6 is 0 Å². The van der Waals surface area contributed by atoms with Crippen molar-refractivity contribution in [3.05, 3.63) is 149 Å². The molecule has 8 nitrogen and oxygen atoms in total. The van der Waals surface area contributed by atoms with E-state index in [0.717, 1.165) is 90.7 Å². The van der Waals surface area contributed by atoms with E-state index in [1.54, 1.807) is 24.3 Å². The Balaban J connectivity index is 0.887. The molecule has 3 aliphatic carbocycles. The van der Waals surface area contributed by atoms with Gasteiger partial charge in [0.1, 0.15) is 5.75 Å². The number of ether oxygens (including phenoxy) is 4. The van der Waals surface area contributed by atoms with Crippen molar-refractivity contribution in [1.29, 1.82) is 0 Å². The van der Waals surface area contributed by atoms with Gasteiger partial charge in [-0.1, -0.05) is 87.6 Å². The van der Waals surface area contributed by atoms with Gasteiger partial charge < -0.3 is 18.9 Å². The molecule has 0 N–H and O–H groups in total. The van der Waals surface area contributed by atoms with E-state index >= 15 is 0 Å². The lowest BCUT2D eigenvalue weighted by Crippen LogP contribution is -2.39. The van der Waals surface area contributed by atoms with Crippen molar-refractivity contribution in [3.8, 4) is 53.6 Å². The summed E-state index contributed by atoms with van der Waals surface area (Å²) in [6.07, 6.45) is 22.9. The molecule has 0 heterocycles. The summed E-state index contributed by atoms with van der Waals surface area (Å²) in [5.74, 6) is 22.8. The number of rotatable bonds is 16. The number of carbonyl (C=O) groups excluding carboxylic acids is 4. The number of esters is 4. The summed E-state index contributed by atoms with van der Waals surface area (Å²) < 4.78 is 22.7. The topological polar surface area (TPSA) is 105 Å². The Hall–Kier alpha value is -7.26. The van der Waals surface area contributed by atoms with Crippen molar-refractivity contribution in [2.45, 2.75) is 128 Å². The molecule has 0 amide bonds. The molecule has 0 atom stereocenters. The van der Waals surface area contributed by atoms with Gasteiger partial charge in [-0.25, -0.2) is 9.59 Å². The monoisotopic (exact) mass is 976 g/mol. The Kier molecular flexibility index (Phi) is 20.2. The number of hydrogen-bond acceptors (Lipinski definition) is 8. The molecule has 0 radical (unpaired) electrons. The van der Waals surface area contributed by atoms with Gasteiger partial charge in [0.25, 0.3) is 0 Å². The molecule has 0 unspecified atom stereocenters. The molecule has 0 aliphatic heterocycles. The van der Waals surface area contributed by atoms with E-state index < -0.39 is 17.5 Å². The van der Waals surface area contributed by atoms with Crippen LogP contribution in [0, 0.1) is 77.5 Å². The lowest BCUT2D eigenvalue weighted by molar-refractivity contribution is -0.152. The zero-order valence-electron chi connectivity index (χ0n) is 42.4. The maximum Gasteiger partial charge on any atom is 0.339 e. The second kappa shape index (κ2) is 27.5. The van der Waals surface area contributed by atoms with E-state index in [4.69, 9.17) is 25.4 Å². The first kappa shape index (κ1) is 53.5. The minimum Gasteiger partial charge on any atom is -0.465 e. The van der Waals surface area contributed by atoms with Gasteiger partial charge in [-0.3, -0.25) is 9.59 Å². The van der Waals surface area contributed by atoms with Crippen LogP contribution in [0.4, 0.5) is 0 Å². The van der Waals surface area contributed by atoms with Crippen LogP contribution in [0.15, 0.2) is 110 Å². The third kappa shape index (κ3) is 16.9. The highest BCUT2D eigenvalue weighted by Gasteiger charge is 2.40. The van der Waals surface area contributed by atoms with Crippen LogP contribution in [0.2, 0.25) is 0 Å². The fraction of sp³-hybridized carbons (Fsp3) is 0.415. The minimum atomic E-state index is -0.931. The van der Waals surface area contributed by atoms with Crippen molar-refractivity contribution >= 4 is 23.9 Å². The summed E-state index contributed by atoms with van der Waals surface area (Å²) in [5, 5.41) is 0. The number of hydrogen-bond donors (Lipinski definition) is 0. The van der Waals surface area contributed by atoms with Gasteiger partial charge in [0, 0.05) is 39.5 Å². The minimum absolute atomic E-state index is 0.194. The average Bonchev–Trinajstić information content (AvgIpc) is 3.43. The molecule has 73 heavy (non-hydrogen) atoms. The molecule has 3 aliphatic rings. The van der Waals surface area contributed by atoms with Gasteiger partial charge in [0.2, 0.25) is 0 Å². The van der Waals surface area contributed by atoms with Gasteiger partial charge in [-0.05, 0) is 198 Å². The largest absolute Gasteiger partial charge is 0.465 e. The molecular formula is C65H68O8. The van der Waals surface area contributed by atoms with Crippen LogP contribution in [-0.2, 0) is 28.6 Å². The van der Waals surface area contributed by atoms with Gasteiger partial charge >= 0.3 is 23.9 Å². The first-order valence-corrected chi connectivity index (χ1v) is 26.4. The van der Waals surface area contributed by atoms with Gasteiger partial charge in [-0.15, -0.1) is 6.42 Å². The van der Waals surface area contributed by atoms with Crippen LogP contribution in [0.1, 0.15) is 166 Å². The average molecular weight is 977 g/mol. The fourth-order valence-electron chi connectivity index (χ4n) is 10.1. The van der Waals surface area contributed by atoms with E-state index in [2.05, 4.69) is 54.9 Å². The third-order valence-electron chi connectivity index (χ3n) is 14.7. The van der Waals surface area contributed by atoms with E-state index in [0.29, 0.717) is 74.9 Å². The smallest absolute Gasteiger partial charge is 0.339 e. The molecule has 7 rings (SSSR count). The summed E-state index contributed by atoms with van der Waals surface area (Å²) in [4.78, 5) is 51.0. The highest BCUT2D eigenvalue weighted by molar-refractivity contribution is 5.90. The van der Waals surface area contributed by atoms with Crippen molar-refractivity contribution in [3.63, 3.8) is 0 Å². The SMILES string of the molecule is C#Cc1ccc(C#Cc2ccc(C#Cc3ccc(C#CC4(OC(=O)c5ccc(OC(=O)C6CCC(C(=O)OCCCCCCCCOC(=O)C=C)CC6)cc5)CCC(C5CCC(C)CC5)CC4)cc3)cc2)cc1. The summed E-state index contributed by atoms with van der Waals surface area (Å²) in [6.45, 7) is 6.54. The lowest BCUT2D eigenvalue weighted by atomic mass is 9.68.